The van der Waals surface area contributed by atoms with Gasteiger partial charge in [-0.2, -0.15) is 5.10 Å². The zero-order valence-corrected chi connectivity index (χ0v) is 20.8. The first-order valence-corrected chi connectivity index (χ1v) is 10.5. The van der Waals surface area contributed by atoms with Gasteiger partial charge in [0.15, 0.2) is 5.96 Å². The predicted octanol–water partition coefficient (Wildman–Crippen LogP) is 2.12. The summed E-state index contributed by atoms with van der Waals surface area (Å²) in [4.78, 5) is 18.3. The number of aromatic nitrogens is 2. The average Bonchev–Trinajstić information content (AvgIpc) is 3.34. The van der Waals surface area contributed by atoms with Crippen LogP contribution in [0.25, 0.3) is 0 Å². The zero-order valence-electron chi connectivity index (χ0n) is 18.5. The summed E-state index contributed by atoms with van der Waals surface area (Å²) in [6, 6.07) is 8.22. The van der Waals surface area contributed by atoms with Crippen LogP contribution in [0.5, 0.6) is 0 Å². The Kier molecular flexibility index (Phi) is 9.30. The van der Waals surface area contributed by atoms with Gasteiger partial charge in [-0.3, -0.25) is 9.48 Å². The van der Waals surface area contributed by atoms with Crippen molar-refractivity contribution >= 4 is 35.8 Å². The molecule has 1 aromatic carbocycles. The number of likely N-dealkylation sites (tertiary alicyclic amines) is 1. The highest BCUT2D eigenvalue weighted by atomic mass is 127. The van der Waals surface area contributed by atoms with Crippen LogP contribution in [0.15, 0.2) is 41.7 Å². The van der Waals surface area contributed by atoms with Crippen molar-refractivity contribution < 1.29 is 9.90 Å². The second-order valence-electron chi connectivity index (χ2n) is 7.96. The Morgan fingerprint density at radius 1 is 1.26 bits per heavy atom. The summed E-state index contributed by atoms with van der Waals surface area (Å²) in [6.45, 7) is 6.85. The van der Waals surface area contributed by atoms with E-state index in [0.717, 1.165) is 36.2 Å². The summed E-state index contributed by atoms with van der Waals surface area (Å²) in [6.07, 6.45) is 5.10. The van der Waals surface area contributed by atoms with Crippen molar-refractivity contribution in [2.24, 2.45) is 12.0 Å². The minimum atomic E-state index is -1.06. The Morgan fingerprint density at radius 2 is 1.97 bits per heavy atom. The third kappa shape index (κ3) is 7.20. The molecule has 0 spiro atoms. The number of hydrogen-bond donors (Lipinski definition) is 3. The Hall–Kier alpha value is -2.14. The molecule has 0 aliphatic carbocycles. The summed E-state index contributed by atoms with van der Waals surface area (Å²) in [5, 5.41) is 21.3. The molecule has 1 aliphatic rings. The lowest BCUT2D eigenvalue weighted by Gasteiger charge is -2.23. The quantitative estimate of drug-likeness (QED) is 0.271. The Balaban J connectivity index is 0.00000341. The summed E-state index contributed by atoms with van der Waals surface area (Å²) in [5.41, 5.74) is 1.91. The third-order valence-corrected chi connectivity index (χ3v) is 5.26. The van der Waals surface area contributed by atoms with Gasteiger partial charge in [0.25, 0.3) is 0 Å². The van der Waals surface area contributed by atoms with Crippen molar-refractivity contribution in [3.8, 4) is 0 Å². The number of benzene rings is 1. The van der Waals surface area contributed by atoms with Crippen molar-refractivity contribution in [3.63, 3.8) is 0 Å². The predicted molar refractivity (Wildman–Crippen MR) is 132 cm³/mol. The van der Waals surface area contributed by atoms with Gasteiger partial charge in [-0.05, 0) is 31.4 Å². The van der Waals surface area contributed by atoms with Crippen molar-refractivity contribution in [1.29, 1.82) is 0 Å². The third-order valence-electron chi connectivity index (χ3n) is 5.26. The molecule has 9 heteroatoms. The first-order chi connectivity index (χ1) is 14.4. The van der Waals surface area contributed by atoms with Gasteiger partial charge in [0, 0.05) is 44.9 Å². The number of halogens is 1. The number of nitrogens with zero attached hydrogens (tertiary/aromatic N) is 4. The van der Waals surface area contributed by atoms with Crippen LogP contribution in [0.3, 0.4) is 0 Å². The van der Waals surface area contributed by atoms with E-state index in [4.69, 9.17) is 0 Å². The van der Waals surface area contributed by atoms with Gasteiger partial charge in [-0.25, -0.2) is 4.99 Å². The van der Waals surface area contributed by atoms with Crippen molar-refractivity contribution in [3.05, 3.63) is 53.3 Å². The Morgan fingerprint density at radius 3 is 2.55 bits per heavy atom. The molecule has 2 heterocycles. The number of rotatable bonds is 8. The lowest BCUT2D eigenvalue weighted by Crippen LogP contribution is -2.44. The maximum Gasteiger partial charge on any atom is 0.222 e. The minimum Gasteiger partial charge on any atom is -0.383 e. The highest BCUT2D eigenvalue weighted by Gasteiger charge is 2.25. The van der Waals surface area contributed by atoms with E-state index in [-0.39, 0.29) is 29.9 Å². The molecule has 2 aromatic rings. The van der Waals surface area contributed by atoms with E-state index in [9.17, 15) is 9.90 Å². The zero-order chi connectivity index (χ0) is 21.6. The summed E-state index contributed by atoms with van der Waals surface area (Å²) in [5.74, 6) is 0.889. The normalized spacial score (nSPS) is 16.1. The number of carbonyl (C=O) groups excluding carboxylic acids is 1. The molecule has 170 valence electrons. The summed E-state index contributed by atoms with van der Waals surface area (Å²) < 4.78 is 1.67. The number of aryl methyl sites for hydroxylation is 1. The number of amides is 1. The van der Waals surface area contributed by atoms with Crippen LogP contribution in [0.4, 0.5) is 0 Å². The second kappa shape index (κ2) is 11.5. The van der Waals surface area contributed by atoms with E-state index in [1.807, 2.05) is 25.1 Å². The van der Waals surface area contributed by atoms with Crippen molar-refractivity contribution in [2.75, 3.05) is 19.6 Å². The van der Waals surface area contributed by atoms with Gasteiger partial charge < -0.3 is 20.6 Å². The van der Waals surface area contributed by atoms with Gasteiger partial charge in [0.1, 0.15) is 5.60 Å². The van der Waals surface area contributed by atoms with Gasteiger partial charge in [-0.15, -0.1) is 24.0 Å². The molecular formula is C22H33IN6O2. The van der Waals surface area contributed by atoms with Crippen molar-refractivity contribution in [2.45, 2.75) is 45.4 Å². The molecule has 3 rings (SSSR count). The Labute approximate surface area is 201 Å². The number of guanidine groups is 1. The van der Waals surface area contributed by atoms with E-state index >= 15 is 0 Å². The molecule has 1 unspecified atom stereocenters. The maximum atomic E-state index is 11.8. The van der Waals surface area contributed by atoms with Crippen LogP contribution in [0.1, 0.15) is 43.4 Å². The van der Waals surface area contributed by atoms with Crippen LogP contribution >= 0.6 is 24.0 Å². The van der Waals surface area contributed by atoms with Crippen LogP contribution in [-0.2, 0) is 30.5 Å². The fourth-order valence-corrected chi connectivity index (χ4v) is 3.41. The van der Waals surface area contributed by atoms with E-state index in [0.29, 0.717) is 32.0 Å². The standard InChI is InChI=1S/C22H32N6O2.HI/c1-4-23-21(25-16-22(2,30)19-13-26-27(3)15-19)24-12-17-7-9-18(10-8-17)14-28-11-5-6-20(28)29;/h7-10,13,15,30H,4-6,11-12,14,16H2,1-3H3,(H2,23,24,25);1H. The van der Waals surface area contributed by atoms with E-state index in [2.05, 4.69) is 45.0 Å². The van der Waals surface area contributed by atoms with Crippen LogP contribution < -0.4 is 10.6 Å². The van der Waals surface area contributed by atoms with Gasteiger partial charge in [-0.1, -0.05) is 24.3 Å². The Bertz CT molecular complexity index is 878. The van der Waals surface area contributed by atoms with E-state index < -0.39 is 5.60 Å². The first kappa shape index (κ1) is 25.1. The fraction of sp³-hybridized carbons (Fsp3) is 0.500. The minimum absolute atomic E-state index is 0. The van der Waals surface area contributed by atoms with Crippen molar-refractivity contribution in [1.82, 2.24) is 25.3 Å². The smallest absolute Gasteiger partial charge is 0.222 e. The largest absolute Gasteiger partial charge is 0.383 e. The van der Waals surface area contributed by atoms with Crippen LogP contribution in [0.2, 0.25) is 0 Å². The molecule has 1 aliphatic heterocycles. The van der Waals surface area contributed by atoms with E-state index in [1.54, 1.807) is 17.8 Å². The summed E-state index contributed by atoms with van der Waals surface area (Å²) >= 11 is 0. The fourth-order valence-electron chi connectivity index (χ4n) is 3.41. The van der Waals surface area contributed by atoms with Gasteiger partial charge in [0.05, 0.1) is 19.3 Å². The molecular weight excluding hydrogens is 507 g/mol. The van der Waals surface area contributed by atoms with Gasteiger partial charge >= 0.3 is 0 Å². The molecule has 3 N–H and O–H groups in total. The number of aliphatic imine (C=N–C) groups is 1. The lowest BCUT2D eigenvalue weighted by atomic mass is 10.00. The molecule has 0 bridgehead atoms. The number of hydrogen-bond acceptors (Lipinski definition) is 4. The molecule has 1 amide bonds. The van der Waals surface area contributed by atoms with Crippen LogP contribution in [0, 0.1) is 0 Å². The molecule has 1 saturated heterocycles. The van der Waals surface area contributed by atoms with E-state index in [1.165, 1.54) is 0 Å². The lowest BCUT2D eigenvalue weighted by molar-refractivity contribution is -0.128. The SMILES string of the molecule is CCNC(=NCc1ccc(CN2CCCC2=O)cc1)NCC(C)(O)c1cnn(C)c1.I. The molecule has 0 saturated carbocycles. The molecule has 1 aromatic heterocycles. The maximum absolute atomic E-state index is 11.8. The molecule has 31 heavy (non-hydrogen) atoms. The number of carbonyl (C=O) groups is 1. The molecule has 8 nitrogen and oxygen atoms in total. The monoisotopic (exact) mass is 540 g/mol. The highest BCUT2D eigenvalue weighted by Crippen LogP contribution is 2.18. The second-order valence-corrected chi connectivity index (χ2v) is 7.96. The average molecular weight is 540 g/mol. The molecule has 1 atom stereocenters. The molecule has 0 radical (unpaired) electrons. The topological polar surface area (TPSA) is 94.8 Å². The number of aliphatic hydroxyl groups is 1. The molecule has 1 fully saturated rings. The summed E-state index contributed by atoms with van der Waals surface area (Å²) in [7, 11) is 1.83. The van der Waals surface area contributed by atoms with Gasteiger partial charge in [0.2, 0.25) is 5.91 Å². The van der Waals surface area contributed by atoms with Crippen LogP contribution in [-0.4, -0.2) is 51.3 Å². The highest BCUT2D eigenvalue weighted by molar-refractivity contribution is 14.0. The first-order valence-electron chi connectivity index (χ1n) is 10.5. The number of nitrogens with one attached hydrogen (secondary N) is 2.